The summed E-state index contributed by atoms with van der Waals surface area (Å²) in [7, 11) is 0. The molecule has 0 fully saturated rings. The third-order valence-electron chi connectivity index (χ3n) is 3.68. The van der Waals surface area contributed by atoms with Gasteiger partial charge in [-0.2, -0.15) is 0 Å². The van der Waals surface area contributed by atoms with Crippen LogP contribution in [0.15, 0.2) is 89.1 Å². The number of cyclic esters (lactones) is 1. The van der Waals surface area contributed by atoms with Crippen molar-refractivity contribution in [1.29, 1.82) is 0 Å². The molecule has 0 saturated carbocycles. The van der Waals surface area contributed by atoms with Crippen molar-refractivity contribution in [3.8, 4) is 11.5 Å². The monoisotopic (exact) mass is 330 g/mol. The molecule has 0 aliphatic carbocycles. The number of carbonyl (C=O) groups is 1. The molecule has 0 amide bonds. The van der Waals surface area contributed by atoms with Crippen molar-refractivity contribution in [2.45, 2.75) is 0 Å². The van der Waals surface area contributed by atoms with Gasteiger partial charge in [0.15, 0.2) is 0 Å². The summed E-state index contributed by atoms with van der Waals surface area (Å²) in [6, 6.07) is 20.5. The minimum atomic E-state index is -0.393. The molecule has 0 atom stereocenters. The summed E-state index contributed by atoms with van der Waals surface area (Å²) < 4.78 is 16.3. The van der Waals surface area contributed by atoms with Crippen molar-refractivity contribution in [2.75, 3.05) is 0 Å². The van der Waals surface area contributed by atoms with Crippen molar-refractivity contribution < 1.29 is 18.7 Å². The molecule has 2 aromatic carbocycles. The van der Waals surface area contributed by atoms with Crippen molar-refractivity contribution >= 4 is 17.8 Å². The van der Waals surface area contributed by atoms with Gasteiger partial charge in [-0.05, 0) is 60.7 Å². The number of carbonyl (C=O) groups excluding carboxylic acids is 1. The average molecular weight is 330 g/mol. The normalized spacial score (nSPS) is 15.1. The fourth-order valence-electron chi connectivity index (χ4n) is 2.47. The molecule has 1 aliphatic heterocycles. The number of hydrogen-bond acceptors (Lipinski definition) is 4. The topological polar surface area (TPSA) is 48.7 Å². The third-order valence-corrected chi connectivity index (χ3v) is 3.68. The molecule has 0 saturated heterocycles. The Balaban J connectivity index is 1.53. The molecular weight excluding hydrogens is 316 g/mol. The summed E-state index contributed by atoms with van der Waals surface area (Å²) in [6.45, 7) is 0. The molecule has 0 radical (unpaired) electrons. The lowest BCUT2D eigenvalue weighted by Gasteiger charge is -2.06. The van der Waals surface area contributed by atoms with E-state index < -0.39 is 5.97 Å². The first kappa shape index (κ1) is 15.0. The summed E-state index contributed by atoms with van der Waals surface area (Å²) in [4.78, 5) is 12.0. The van der Waals surface area contributed by atoms with Gasteiger partial charge in [0.2, 0.25) is 0 Å². The van der Waals surface area contributed by atoms with Crippen LogP contribution in [0.2, 0.25) is 0 Å². The Kier molecular flexibility index (Phi) is 3.92. The van der Waals surface area contributed by atoms with E-state index in [1.54, 1.807) is 30.5 Å². The van der Waals surface area contributed by atoms with E-state index in [0.29, 0.717) is 22.8 Å². The fourth-order valence-corrected chi connectivity index (χ4v) is 2.47. The second-order valence-corrected chi connectivity index (χ2v) is 5.45. The molecule has 25 heavy (non-hydrogen) atoms. The van der Waals surface area contributed by atoms with E-state index in [9.17, 15) is 4.79 Å². The Morgan fingerprint density at radius 3 is 2.32 bits per heavy atom. The maximum Gasteiger partial charge on any atom is 0.343 e. The van der Waals surface area contributed by atoms with E-state index in [1.165, 1.54) is 0 Å². The molecule has 122 valence electrons. The standard InChI is InChI=1S/C21H14O4/c22-21-16(13-19-7-4-12-23-19)14-20(25-21)15-8-10-18(11-9-15)24-17-5-2-1-3-6-17/h1-14H/b16-13-. The van der Waals surface area contributed by atoms with E-state index >= 15 is 0 Å². The molecular formula is C21H14O4. The average Bonchev–Trinajstić information content (AvgIpc) is 3.27. The SMILES string of the molecule is O=C1OC(c2ccc(Oc3ccccc3)cc2)=C/C1=C/c1ccco1. The minimum absolute atomic E-state index is 0.393. The van der Waals surface area contributed by atoms with E-state index in [0.717, 1.165) is 11.3 Å². The predicted octanol–water partition coefficient (Wildman–Crippen LogP) is 5.05. The maximum atomic E-state index is 12.0. The van der Waals surface area contributed by atoms with Crippen LogP contribution >= 0.6 is 0 Å². The molecule has 3 aromatic rings. The molecule has 4 heteroatoms. The first-order chi connectivity index (χ1) is 12.3. The Bertz CT molecular complexity index is 933. The number of rotatable bonds is 4. The van der Waals surface area contributed by atoms with Gasteiger partial charge in [-0.3, -0.25) is 0 Å². The van der Waals surface area contributed by atoms with E-state index in [2.05, 4.69) is 0 Å². The van der Waals surface area contributed by atoms with Crippen LogP contribution in [0.4, 0.5) is 0 Å². The van der Waals surface area contributed by atoms with Crippen molar-refractivity contribution in [3.63, 3.8) is 0 Å². The molecule has 4 nitrogen and oxygen atoms in total. The lowest BCUT2D eigenvalue weighted by atomic mass is 10.1. The lowest BCUT2D eigenvalue weighted by Crippen LogP contribution is -1.97. The van der Waals surface area contributed by atoms with Crippen molar-refractivity contribution in [3.05, 3.63) is 96.0 Å². The van der Waals surface area contributed by atoms with Crippen molar-refractivity contribution in [1.82, 2.24) is 0 Å². The van der Waals surface area contributed by atoms with Crippen LogP contribution in [0.3, 0.4) is 0 Å². The Morgan fingerprint density at radius 1 is 0.840 bits per heavy atom. The summed E-state index contributed by atoms with van der Waals surface area (Å²) in [5, 5.41) is 0. The lowest BCUT2D eigenvalue weighted by molar-refractivity contribution is -0.130. The zero-order chi connectivity index (χ0) is 17.1. The van der Waals surface area contributed by atoms with Gasteiger partial charge >= 0.3 is 5.97 Å². The highest BCUT2D eigenvalue weighted by molar-refractivity contribution is 6.04. The Morgan fingerprint density at radius 2 is 1.60 bits per heavy atom. The zero-order valence-electron chi connectivity index (χ0n) is 13.2. The molecule has 0 unspecified atom stereocenters. The quantitative estimate of drug-likeness (QED) is 0.496. The van der Waals surface area contributed by atoms with Crippen molar-refractivity contribution in [2.24, 2.45) is 0 Å². The van der Waals surface area contributed by atoms with Gasteiger partial charge in [-0.15, -0.1) is 0 Å². The summed E-state index contributed by atoms with van der Waals surface area (Å²) >= 11 is 0. The molecule has 0 bridgehead atoms. The second kappa shape index (κ2) is 6.53. The highest BCUT2D eigenvalue weighted by atomic mass is 16.5. The number of esters is 1. The van der Waals surface area contributed by atoms with Crippen LogP contribution in [0.1, 0.15) is 11.3 Å². The summed E-state index contributed by atoms with van der Waals surface area (Å²) in [5.74, 6) is 2.21. The van der Waals surface area contributed by atoms with Gasteiger partial charge in [0.05, 0.1) is 11.8 Å². The molecule has 4 rings (SSSR count). The summed E-state index contributed by atoms with van der Waals surface area (Å²) in [5.41, 5.74) is 1.26. The maximum absolute atomic E-state index is 12.0. The number of benzene rings is 2. The second-order valence-electron chi connectivity index (χ2n) is 5.45. The van der Waals surface area contributed by atoms with Gasteiger partial charge in [0.1, 0.15) is 23.0 Å². The molecule has 1 aromatic heterocycles. The zero-order valence-corrected chi connectivity index (χ0v) is 13.2. The van der Waals surface area contributed by atoms with Crippen LogP contribution < -0.4 is 4.74 Å². The van der Waals surface area contributed by atoms with Gasteiger partial charge in [-0.1, -0.05) is 18.2 Å². The van der Waals surface area contributed by atoms with Crippen LogP contribution in [-0.2, 0) is 9.53 Å². The number of para-hydroxylation sites is 1. The van der Waals surface area contributed by atoms with Gasteiger partial charge < -0.3 is 13.9 Å². The third kappa shape index (κ3) is 3.38. The molecule has 0 N–H and O–H groups in total. The highest BCUT2D eigenvalue weighted by Crippen LogP contribution is 2.29. The van der Waals surface area contributed by atoms with Crippen LogP contribution in [0, 0.1) is 0 Å². The van der Waals surface area contributed by atoms with E-state index in [4.69, 9.17) is 13.9 Å². The fraction of sp³-hybridized carbons (Fsp3) is 0. The van der Waals surface area contributed by atoms with Crippen LogP contribution in [0.25, 0.3) is 11.8 Å². The first-order valence-electron chi connectivity index (χ1n) is 7.80. The highest BCUT2D eigenvalue weighted by Gasteiger charge is 2.22. The largest absolute Gasteiger partial charge is 0.465 e. The van der Waals surface area contributed by atoms with E-state index in [-0.39, 0.29) is 0 Å². The molecule has 2 heterocycles. The Hall–Kier alpha value is -3.53. The van der Waals surface area contributed by atoms with E-state index in [1.807, 2.05) is 54.6 Å². The molecule has 0 spiro atoms. The molecule has 1 aliphatic rings. The minimum Gasteiger partial charge on any atom is -0.465 e. The predicted molar refractivity (Wildman–Crippen MR) is 93.7 cm³/mol. The van der Waals surface area contributed by atoms with Gasteiger partial charge in [0, 0.05) is 5.56 Å². The number of ether oxygens (including phenoxy) is 2. The number of hydrogen-bond donors (Lipinski definition) is 0. The Labute approximate surface area is 144 Å². The first-order valence-corrected chi connectivity index (χ1v) is 7.80. The summed E-state index contributed by atoms with van der Waals surface area (Å²) in [6.07, 6.45) is 4.92. The van der Waals surface area contributed by atoms with Crippen LogP contribution in [0.5, 0.6) is 11.5 Å². The van der Waals surface area contributed by atoms with Crippen LogP contribution in [-0.4, -0.2) is 5.97 Å². The number of furan rings is 1. The van der Waals surface area contributed by atoms with Gasteiger partial charge in [-0.25, -0.2) is 4.79 Å². The smallest absolute Gasteiger partial charge is 0.343 e. The van der Waals surface area contributed by atoms with Gasteiger partial charge in [0.25, 0.3) is 0 Å².